The van der Waals surface area contributed by atoms with Crippen molar-refractivity contribution in [3.05, 3.63) is 21.9 Å². The van der Waals surface area contributed by atoms with E-state index in [0.29, 0.717) is 12.3 Å². The van der Waals surface area contributed by atoms with Gasteiger partial charge < -0.3 is 10.2 Å². The van der Waals surface area contributed by atoms with Gasteiger partial charge in [-0.2, -0.15) is 0 Å². The largest absolute Gasteiger partial charge is 0.343 e. The van der Waals surface area contributed by atoms with Crippen LogP contribution < -0.4 is 5.32 Å². The number of nitrogens with zero attached hydrogens (tertiary/aromatic N) is 1. The van der Waals surface area contributed by atoms with Crippen LogP contribution in [0.1, 0.15) is 42.4 Å². The molecule has 0 atom stereocenters. The summed E-state index contributed by atoms with van der Waals surface area (Å²) in [7, 11) is 0. The maximum absolute atomic E-state index is 11.9. The van der Waals surface area contributed by atoms with E-state index in [1.165, 1.54) is 29.0 Å². The molecule has 0 saturated carbocycles. The van der Waals surface area contributed by atoms with Gasteiger partial charge in [-0.1, -0.05) is 6.92 Å². The molecule has 19 heavy (non-hydrogen) atoms. The zero-order valence-corrected chi connectivity index (χ0v) is 12.6. The van der Waals surface area contributed by atoms with Crippen LogP contribution in [0, 0.1) is 0 Å². The number of hydrogen-bond acceptors (Lipinski definition) is 3. The lowest BCUT2D eigenvalue weighted by molar-refractivity contribution is -0.131. The number of carbonyl (C=O) groups is 1. The quantitative estimate of drug-likeness (QED) is 0.813. The molecule has 1 aromatic heterocycles. The van der Waals surface area contributed by atoms with Gasteiger partial charge in [-0.05, 0) is 37.8 Å². The van der Waals surface area contributed by atoms with Gasteiger partial charge in [-0.25, -0.2) is 0 Å². The molecule has 1 saturated heterocycles. The van der Waals surface area contributed by atoms with Crippen molar-refractivity contribution in [2.24, 2.45) is 0 Å². The van der Waals surface area contributed by atoms with Gasteiger partial charge >= 0.3 is 0 Å². The zero-order chi connectivity index (χ0) is 13.5. The number of thiophene rings is 1. The summed E-state index contributed by atoms with van der Waals surface area (Å²) in [6.07, 6.45) is 5.37. The maximum atomic E-state index is 11.9. The summed E-state index contributed by atoms with van der Waals surface area (Å²) in [6.45, 7) is 5.78. The predicted molar refractivity (Wildman–Crippen MR) is 80.5 cm³/mol. The molecule has 0 aliphatic carbocycles. The molecule has 1 amide bonds. The Balaban J connectivity index is 1.62. The monoisotopic (exact) mass is 280 g/mol. The zero-order valence-electron chi connectivity index (χ0n) is 11.8. The van der Waals surface area contributed by atoms with Crippen LogP contribution in [0.3, 0.4) is 0 Å². The molecule has 1 fully saturated rings. The van der Waals surface area contributed by atoms with Gasteiger partial charge in [0.1, 0.15) is 0 Å². The van der Waals surface area contributed by atoms with E-state index in [9.17, 15) is 4.79 Å². The van der Waals surface area contributed by atoms with Crippen molar-refractivity contribution in [3.8, 4) is 0 Å². The Morgan fingerprint density at radius 2 is 2.00 bits per heavy atom. The first-order chi connectivity index (χ1) is 9.29. The smallest absolute Gasteiger partial charge is 0.223 e. The lowest BCUT2D eigenvalue weighted by atomic mass is 10.1. The molecule has 0 bridgehead atoms. The highest BCUT2D eigenvalue weighted by Crippen LogP contribution is 2.16. The second-order valence-corrected chi connectivity index (χ2v) is 6.34. The van der Waals surface area contributed by atoms with Gasteiger partial charge in [0.15, 0.2) is 0 Å². The van der Waals surface area contributed by atoms with Crippen LogP contribution in [0.2, 0.25) is 0 Å². The van der Waals surface area contributed by atoms with Crippen LogP contribution in [0.4, 0.5) is 0 Å². The molecule has 1 aromatic rings. The summed E-state index contributed by atoms with van der Waals surface area (Å²) in [5.74, 6) is 0.313. The van der Waals surface area contributed by atoms with E-state index in [1.54, 1.807) is 0 Å². The van der Waals surface area contributed by atoms with E-state index >= 15 is 0 Å². The van der Waals surface area contributed by atoms with Crippen molar-refractivity contribution in [2.75, 3.05) is 19.6 Å². The molecule has 1 aliphatic rings. The average molecular weight is 280 g/mol. The lowest BCUT2D eigenvalue weighted by Gasteiger charge is -2.26. The Labute approximate surface area is 120 Å². The van der Waals surface area contributed by atoms with Gasteiger partial charge in [-0.15, -0.1) is 11.3 Å². The molecule has 0 aromatic carbocycles. The van der Waals surface area contributed by atoms with Crippen LogP contribution in [0.15, 0.2) is 12.1 Å². The first-order valence-electron chi connectivity index (χ1n) is 7.35. The van der Waals surface area contributed by atoms with Crippen molar-refractivity contribution < 1.29 is 4.79 Å². The fourth-order valence-corrected chi connectivity index (χ4v) is 3.34. The van der Waals surface area contributed by atoms with Gasteiger partial charge in [-0.3, -0.25) is 4.79 Å². The Morgan fingerprint density at radius 1 is 1.26 bits per heavy atom. The number of hydrogen-bond donors (Lipinski definition) is 1. The minimum absolute atomic E-state index is 0.313. The van der Waals surface area contributed by atoms with Gasteiger partial charge in [0, 0.05) is 42.4 Å². The molecule has 0 radical (unpaired) electrons. The van der Waals surface area contributed by atoms with E-state index < -0.39 is 0 Å². The minimum atomic E-state index is 0.313. The van der Waals surface area contributed by atoms with Crippen molar-refractivity contribution >= 4 is 17.2 Å². The van der Waals surface area contributed by atoms with Crippen LogP contribution in [0.25, 0.3) is 0 Å². The molecule has 106 valence electrons. The Bertz CT molecular complexity index is 397. The molecular formula is C15H24N2OS. The number of rotatable bonds is 6. The summed E-state index contributed by atoms with van der Waals surface area (Å²) in [5.41, 5.74) is 0. The molecule has 1 aliphatic heterocycles. The number of nitrogens with one attached hydrogen (secondary N) is 1. The van der Waals surface area contributed by atoms with E-state index in [0.717, 1.165) is 32.6 Å². The normalized spacial score (nSPS) is 15.7. The molecular weight excluding hydrogens is 256 g/mol. The average Bonchev–Trinajstić information content (AvgIpc) is 2.92. The lowest BCUT2D eigenvalue weighted by Crippen LogP contribution is -2.37. The van der Waals surface area contributed by atoms with Gasteiger partial charge in [0.2, 0.25) is 5.91 Å². The predicted octanol–water partition coefficient (Wildman–Crippen LogP) is 2.80. The molecule has 0 spiro atoms. The van der Waals surface area contributed by atoms with E-state index in [1.807, 2.05) is 16.2 Å². The van der Waals surface area contributed by atoms with Crippen molar-refractivity contribution in [1.82, 2.24) is 10.2 Å². The summed E-state index contributed by atoms with van der Waals surface area (Å²) >= 11 is 1.86. The highest BCUT2D eigenvalue weighted by Gasteiger charge is 2.15. The van der Waals surface area contributed by atoms with E-state index in [2.05, 4.69) is 24.4 Å². The van der Waals surface area contributed by atoms with Gasteiger partial charge in [0.05, 0.1) is 0 Å². The number of carbonyl (C=O) groups excluding carboxylic acids is 1. The van der Waals surface area contributed by atoms with Crippen LogP contribution in [-0.2, 0) is 17.8 Å². The summed E-state index contributed by atoms with van der Waals surface area (Å²) in [5, 5.41) is 3.37. The molecule has 2 heterocycles. The minimum Gasteiger partial charge on any atom is -0.343 e. The number of aryl methyl sites for hydroxylation is 1. The molecule has 3 nitrogen and oxygen atoms in total. The standard InChI is InChI=1S/C15H24N2OS/c1-2-13-6-7-14(19-13)12-16-9-8-15(18)17-10-4-3-5-11-17/h6-7,16H,2-5,8-12H2,1H3. The molecule has 1 N–H and O–H groups in total. The fraction of sp³-hybridized carbons (Fsp3) is 0.667. The molecule has 0 unspecified atom stereocenters. The molecule has 4 heteroatoms. The van der Waals surface area contributed by atoms with Crippen molar-refractivity contribution in [1.29, 1.82) is 0 Å². The third-order valence-corrected chi connectivity index (χ3v) is 4.82. The Morgan fingerprint density at radius 3 is 2.68 bits per heavy atom. The Hall–Kier alpha value is -0.870. The number of piperidine rings is 1. The summed E-state index contributed by atoms with van der Waals surface area (Å²) < 4.78 is 0. The third kappa shape index (κ3) is 4.62. The fourth-order valence-electron chi connectivity index (χ4n) is 2.42. The van der Waals surface area contributed by atoms with E-state index in [4.69, 9.17) is 0 Å². The van der Waals surface area contributed by atoms with Crippen LogP contribution in [0.5, 0.6) is 0 Å². The van der Waals surface area contributed by atoms with Crippen molar-refractivity contribution in [3.63, 3.8) is 0 Å². The van der Waals surface area contributed by atoms with Crippen molar-refractivity contribution in [2.45, 2.75) is 45.6 Å². The van der Waals surface area contributed by atoms with Crippen LogP contribution >= 0.6 is 11.3 Å². The first-order valence-corrected chi connectivity index (χ1v) is 8.17. The second kappa shape index (κ2) is 7.65. The third-order valence-electron chi connectivity index (χ3n) is 3.59. The topological polar surface area (TPSA) is 32.3 Å². The Kier molecular flexibility index (Phi) is 5.86. The number of likely N-dealkylation sites (tertiary alicyclic amines) is 1. The van der Waals surface area contributed by atoms with E-state index in [-0.39, 0.29) is 0 Å². The number of amides is 1. The molecule has 2 rings (SSSR count). The summed E-state index contributed by atoms with van der Waals surface area (Å²) in [4.78, 5) is 16.8. The highest BCUT2D eigenvalue weighted by atomic mass is 32.1. The first kappa shape index (κ1) is 14.5. The highest BCUT2D eigenvalue weighted by molar-refractivity contribution is 7.11. The second-order valence-electron chi connectivity index (χ2n) is 5.09. The maximum Gasteiger partial charge on any atom is 0.223 e. The van der Waals surface area contributed by atoms with Crippen LogP contribution in [-0.4, -0.2) is 30.4 Å². The SMILES string of the molecule is CCc1ccc(CNCCC(=O)N2CCCCC2)s1. The summed E-state index contributed by atoms with van der Waals surface area (Å²) in [6, 6.07) is 4.38. The van der Waals surface area contributed by atoms with Gasteiger partial charge in [0.25, 0.3) is 0 Å².